The highest BCUT2D eigenvalue weighted by atomic mass is 16.5. The lowest BCUT2D eigenvalue weighted by Crippen LogP contribution is -2.24. The second kappa shape index (κ2) is 9.28. The predicted octanol–water partition coefficient (Wildman–Crippen LogP) is 2.46. The van der Waals surface area contributed by atoms with Gasteiger partial charge in [-0.05, 0) is 42.3 Å². The molecule has 0 atom stereocenters. The topological polar surface area (TPSA) is 89.0 Å². The number of nitrogens with one attached hydrogen (secondary N) is 2. The first kappa shape index (κ1) is 18.3. The summed E-state index contributed by atoms with van der Waals surface area (Å²) < 4.78 is 5.34. The Bertz CT molecular complexity index is 869. The van der Waals surface area contributed by atoms with E-state index in [1.54, 1.807) is 25.4 Å². The van der Waals surface area contributed by atoms with Gasteiger partial charge in [0, 0.05) is 12.7 Å². The molecule has 2 N–H and O–H groups in total. The summed E-state index contributed by atoms with van der Waals surface area (Å²) in [4.78, 5) is 16.3. The number of para-hydroxylation sites is 1. The lowest BCUT2D eigenvalue weighted by molar-refractivity contribution is 0.0944. The van der Waals surface area contributed by atoms with E-state index in [-0.39, 0.29) is 11.6 Å². The van der Waals surface area contributed by atoms with Crippen molar-refractivity contribution < 1.29 is 9.53 Å². The maximum Gasteiger partial charge on any atom is 0.272 e. The summed E-state index contributed by atoms with van der Waals surface area (Å²) in [5.41, 5.74) is 2.17. The van der Waals surface area contributed by atoms with Crippen molar-refractivity contribution in [3.63, 3.8) is 0 Å². The van der Waals surface area contributed by atoms with Gasteiger partial charge < -0.3 is 15.4 Å². The highest BCUT2D eigenvalue weighted by Crippen LogP contribution is 2.17. The van der Waals surface area contributed by atoms with Crippen LogP contribution in [0.15, 0.2) is 60.8 Å². The largest absolute Gasteiger partial charge is 0.496 e. The number of hydrogen-bond acceptors (Lipinski definition) is 6. The van der Waals surface area contributed by atoms with Crippen molar-refractivity contribution in [2.75, 3.05) is 19.0 Å². The van der Waals surface area contributed by atoms with Crippen LogP contribution in [0.5, 0.6) is 5.75 Å². The van der Waals surface area contributed by atoms with Gasteiger partial charge in [0.1, 0.15) is 11.6 Å². The molecular formula is C20H21N5O2. The van der Waals surface area contributed by atoms with Crippen LogP contribution in [0.2, 0.25) is 0 Å². The molecule has 3 rings (SSSR count). The van der Waals surface area contributed by atoms with Crippen molar-refractivity contribution in [2.24, 2.45) is 0 Å². The highest BCUT2D eigenvalue weighted by molar-refractivity contribution is 5.92. The molecule has 3 aromatic rings. The van der Waals surface area contributed by atoms with E-state index in [4.69, 9.17) is 4.74 Å². The zero-order chi connectivity index (χ0) is 18.9. The maximum atomic E-state index is 12.1. The number of benzene rings is 1. The number of carbonyl (C=O) groups is 1. The molecule has 0 fully saturated rings. The molecule has 2 aromatic heterocycles. The molecule has 0 radical (unpaired) electrons. The summed E-state index contributed by atoms with van der Waals surface area (Å²) in [6, 6.07) is 16.8. The van der Waals surface area contributed by atoms with Gasteiger partial charge in [-0.2, -0.15) is 0 Å². The molecule has 0 saturated carbocycles. The van der Waals surface area contributed by atoms with Crippen LogP contribution in [0.4, 0.5) is 5.82 Å². The van der Waals surface area contributed by atoms with E-state index < -0.39 is 0 Å². The average molecular weight is 363 g/mol. The summed E-state index contributed by atoms with van der Waals surface area (Å²) in [5, 5.41) is 14.0. The Labute approximate surface area is 157 Å². The third-order valence-corrected chi connectivity index (χ3v) is 3.95. The number of pyridine rings is 1. The normalized spacial score (nSPS) is 10.3. The minimum absolute atomic E-state index is 0.265. The molecular weight excluding hydrogens is 342 g/mol. The number of ether oxygens (including phenoxy) is 1. The second-order valence-corrected chi connectivity index (χ2v) is 5.80. The first-order chi connectivity index (χ1) is 13.3. The summed E-state index contributed by atoms with van der Waals surface area (Å²) in [5.74, 6) is 1.20. The lowest BCUT2D eigenvalue weighted by atomic mass is 10.1. The zero-order valence-corrected chi connectivity index (χ0v) is 15.1. The van der Waals surface area contributed by atoms with E-state index in [1.165, 1.54) is 0 Å². The molecule has 0 unspecified atom stereocenters. The summed E-state index contributed by atoms with van der Waals surface area (Å²) in [7, 11) is 1.66. The molecule has 7 heteroatoms. The Hall–Kier alpha value is -3.48. The van der Waals surface area contributed by atoms with Gasteiger partial charge in [-0.1, -0.05) is 24.3 Å². The fourth-order valence-corrected chi connectivity index (χ4v) is 2.55. The van der Waals surface area contributed by atoms with Gasteiger partial charge >= 0.3 is 0 Å². The van der Waals surface area contributed by atoms with Crippen LogP contribution in [0.25, 0.3) is 0 Å². The van der Waals surface area contributed by atoms with Gasteiger partial charge in [-0.3, -0.25) is 9.78 Å². The molecule has 138 valence electrons. The molecule has 27 heavy (non-hydrogen) atoms. The van der Waals surface area contributed by atoms with Crippen LogP contribution >= 0.6 is 0 Å². The van der Waals surface area contributed by atoms with Crippen LogP contribution < -0.4 is 15.4 Å². The molecule has 1 aromatic carbocycles. The first-order valence-corrected chi connectivity index (χ1v) is 8.64. The molecule has 0 spiro atoms. The quantitative estimate of drug-likeness (QED) is 0.639. The molecule has 0 aliphatic carbocycles. The Balaban J connectivity index is 1.49. The maximum absolute atomic E-state index is 12.1. The van der Waals surface area contributed by atoms with Crippen LogP contribution in [-0.2, 0) is 13.0 Å². The van der Waals surface area contributed by atoms with Gasteiger partial charge in [-0.25, -0.2) is 0 Å². The lowest BCUT2D eigenvalue weighted by Gasteiger charge is -2.09. The molecule has 0 aliphatic heterocycles. The molecule has 7 nitrogen and oxygen atoms in total. The summed E-state index contributed by atoms with van der Waals surface area (Å²) in [6.45, 7) is 1.03. The molecule has 0 bridgehead atoms. The van der Waals surface area contributed by atoms with Gasteiger partial charge in [0.2, 0.25) is 0 Å². The van der Waals surface area contributed by atoms with Crippen molar-refractivity contribution in [1.82, 2.24) is 20.5 Å². The fraction of sp³-hybridized carbons (Fsp3) is 0.200. The van der Waals surface area contributed by atoms with Crippen molar-refractivity contribution in [2.45, 2.75) is 13.0 Å². The predicted molar refractivity (Wildman–Crippen MR) is 103 cm³/mol. The standard InChI is InChI=1S/C20H21N5O2/c1-27-18-8-3-2-6-15(18)11-13-22-19-10-9-17(24-25-19)20(26)23-14-16-7-4-5-12-21-16/h2-10,12H,11,13-14H2,1H3,(H,22,25)(H,23,26). The van der Waals surface area contributed by atoms with E-state index >= 15 is 0 Å². The Morgan fingerprint density at radius 2 is 1.89 bits per heavy atom. The summed E-state index contributed by atoms with van der Waals surface area (Å²) >= 11 is 0. The number of anilines is 1. The van der Waals surface area contributed by atoms with E-state index in [0.29, 0.717) is 18.9 Å². The van der Waals surface area contributed by atoms with Gasteiger partial charge in [0.05, 0.1) is 19.3 Å². The third-order valence-electron chi connectivity index (χ3n) is 3.95. The minimum atomic E-state index is -0.284. The van der Waals surface area contributed by atoms with Gasteiger partial charge in [0.15, 0.2) is 5.69 Å². The SMILES string of the molecule is COc1ccccc1CCNc1ccc(C(=O)NCc2ccccn2)nn1. The second-order valence-electron chi connectivity index (χ2n) is 5.80. The van der Waals surface area contributed by atoms with Crippen molar-refractivity contribution in [1.29, 1.82) is 0 Å². The number of nitrogens with zero attached hydrogens (tertiary/aromatic N) is 3. The monoisotopic (exact) mass is 363 g/mol. The van der Waals surface area contributed by atoms with E-state index in [2.05, 4.69) is 25.8 Å². The molecule has 0 saturated heterocycles. The van der Waals surface area contributed by atoms with Crippen LogP contribution in [0.1, 0.15) is 21.7 Å². The summed E-state index contributed by atoms with van der Waals surface area (Å²) in [6.07, 6.45) is 2.48. The zero-order valence-electron chi connectivity index (χ0n) is 15.1. The van der Waals surface area contributed by atoms with E-state index in [0.717, 1.165) is 23.4 Å². The number of methoxy groups -OCH3 is 1. The third kappa shape index (κ3) is 5.24. The number of amides is 1. The number of hydrogen-bond donors (Lipinski definition) is 2. The van der Waals surface area contributed by atoms with Crippen LogP contribution in [-0.4, -0.2) is 34.7 Å². The highest BCUT2D eigenvalue weighted by Gasteiger charge is 2.08. The average Bonchev–Trinajstić information content (AvgIpc) is 2.73. The van der Waals surface area contributed by atoms with Crippen molar-refractivity contribution in [3.05, 3.63) is 77.7 Å². The molecule has 0 aliphatic rings. The number of rotatable bonds is 8. The van der Waals surface area contributed by atoms with Gasteiger partial charge in [-0.15, -0.1) is 10.2 Å². The fourth-order valence-electron chi connectivity index (χ4n) is 2.55. The van der Waals surface area contributed by atoms with E-state index in [9.17, 15) is 4.79 Å². The number of carbonyl (C=O) groups excluding carboxylic acids is 1. The van der Waals surface area contributed by atoms with E-state index in [1.807, 2.05) is 42.5 Å². The Morgan fingerprint density at radius 1 is 1.04 bits per heavy atom. The van der Waals surface area contributed by atoms with Gasteiger partial charge in [0.25, 0.3) is 5.91 Å². The number of aromatic nitrogens is 3. The van der Waals surface area contributed by atoms with Crippen molar-refractivity contribution >= 4 is 11.7 Å². The van der Waals surface area contributed by atoms with Crippen LogP contribution in [0.3, 0.4) is 0 Å². The molecule has 2 heterocycles. The van der Waals surface area contributed by atoms with Crippen molar-refractivity contribution in [3.8, 4) is 5.75 Å². The first-order valence-electron chi connectivity index (χ1n) is 8.64. The Morgan fingerprint density at radius 3 is 2.63 bits per heavy atom. The minimum Gasteiger partial charge on any atom is -0.496 e. The van der Waals surface area contributed by atoms with Crippen LogP contribution in [0, 0.1) is 0 Å². The molecule has 1 amide bonds. The Kier molecular flexibility index (Phi) is 6.30. The smallest absolute Gasteiger partial charge is 0.272 e.